The summed E-state index contributed by atoms with van der Waals surface area (Å²) in [6.45, 7) is 3.68. The van der Waals surface area contributed by atoms with Gasteiger partial charge in [-0.3, -0.25) is 0 Å². The molecule has 0 aliphatic heterocycles. The summed E-state index contributed by atoms with van der Waals surface area (Å²) in [6, 6.07) is 10.4. The molecule has 17 heavy (non-hydrogen) atoms. The van der Waals surface area contributed by atoms with E-state index in [1.807, 2.05) is 32.0 Å². The standard InChI is InChI=1S/C15H14FN/c1-15(2,17)10-9-11-7-8-14(16)13-6-4-3-5-12(11)13/h3-8H,17H2,1-2H3. The maximum Gasteiger partial charge on any atom is 0.131 e. The predicted molar refractivity (Wildman–Crippen MR) is 69.1 cm³/mol. The Bertz CT molecular complexity index is 612. The largest absolute Gasteiger partial charge is 0.316 e. The molecule has 0 unspecified atom stereocenters. The number of nitrogens with two attached hydrogens (primary N) is 1. The minimum atomic E-state index is -0.546. The van der Waals surface area contributed by atoms with E-state index in [2.05, 4.69) is 11.8 Å². The van der Waals surface area contributed by atoms with E-state index in [9.17, 15) is 4.39 Å². The van der Waals surface area contributed by atoms with Crippen LogP contribution in [0.1, 0.15) is 19.4 Å². The average molecular weight is 227 g/mol. The lowest BCUT2D eigenvalue weighted by Gasteiger charge is -2.08. The lowest BCUT2D eigenvalue weighted by atomic mass is 10.0. The molecule has 0 fully saturated rings. The molecule has 0 atom stereocenters. The summed E-state index contributed by atoms with van der Waals surface area (Å²) in [5.74, 6) is 5.74. The van der Waals surface area contributed by atoms with Gasteiger partial charge in [0.25, 0.3) is 0 Å². The van der Waals surface area contributed by atoms with Crippen LogP contribution >= 0.6 is 0 Å². The zero-order chi connectivity index (χ0) is 12.5. The number of fused-ring (bicyclic) bond motifs is 1. The molecule has 0 amide bonds. The highest BCUT2D eigenvalue weighted by Crippen LogP contribution is 2.21. The van der Waals surface area contributed by atoms with Gasteiger partial charge < -0.3 is 5.73 Å². The fraction of sp³-hybridized carbons (Fsp3) is 0.200. The molecule has 86 valence electrons. The second kappa shape index (κ2) is 4.20. The molecular weight excluding hydrogens is 213 g/mol. The van der Waals surface area contributed by atoms with Gasteiger partial charge in [0.05, 0.1) is 5.54 Å². The van der Waals surface area contributed by atoms with Gasteiger partial charge in [-0.2, -0.15) is 0 Å². The van der Waals surface area contributed by atoms with Gasteiger partial charge in [-0.25, -0.2) is 4.39 Å². The van der Waals surface area contributed by atoms with Gasteiger partial charge in [0.2, 0.25) is 0 Å². The minimum Gasteiger partial charge on any atom is -0.316 e. The molecule has 1 nitrogen and oxygen atoms in total. The smallest absolute Gasteiger partial charge is 0.131 e. The highest BCUT2D eigenvalue weighted by Gasteiger charge is 2.06. The summed E-state index contributed by atoms with van der Waals surface area (Å²) in [5.41, 5.74) is 6.07. The average Bonchev–Trinajstić information content (AvgIpc) is 2.27. The quantitative estimate of drug-likeness (QED) is 0.688. The van der Waals surface area contributed by atoms with Crippen LogP contribution in [0.15, 0.2) is 36.4 Å². The first kappa shape index (κ1) is 11.6. The zero-order valence-corrected chi connectivity index (χ0v) is 9.92. The highest BCUT2D eigenvalue weighted by molar-refractivity contribution is 5.88. The lowest BCUT2D eigenvalue weighted by Crippen LogP contribution is -2.29. The van der Waals surface area contributed by atoms with Crippen LogP contribution < -0.4 is 5.73 Å². The Morgan fingerprint density at radius 2 is 1.71 bits per heavy atom. The van der Waals surface area contributed by atoms with Crippen molar-refractivity contribution in [1.29, 1.82) is 0 Å². The van der Waals surface area contributed by atoms with Crippen molar-refractivity contribution in [2.24, 2.45) is 5.73 Å². The summed E-state index contributed by atoms with van der Waals surface area (Å²) in [4.78, 5) is 0. The third-order valence-electron chi connectivity index (χ3n) is 2.39. The Balaban J connectivity index is 2.63. The van der Waals surface area contributed by atoms with Crippen LogP contribution in [0.25, 0.3) is 10.8 Å². The van der Waals surface area contributed by atoms with Crippen molar-refractivity contribution in [3.05, 3.63) is 47.8 Å². The summed E-state index contributed by atoms with van der Waals surface area (Å²) >= 11 is 0. The Labute approximate surface area is 100 Å². The normalized spacial score (nSPS) is 11.1. The summed E-state index contributed by atoms with van der Waals surface area (Å²) in [7, 11) is 0. The van der Waals surface area contributed by atoms with Crippen LogP contribution in [0.2, 0.25) is 0 Å². The van der Waals surface area contributed by atoms with E-state index in [1.165, 1.54) is 6.07 Å². The molecule has 0 spiro atoms. The molecule has 0 radical (unpaired) electrons. The van der Waals surface area contributed by atoms with Crippen molar-refractivity contribution in [3.8, 4) is 11.8 Å². The number of rotatable bonds is 0. The molecule has 0 aliphatic rings. The third-order valence-corrected chi connectivity index (χ3v) is 2.39. The summed E-state index contributed by atoms with van der Waals surface area (Å²) < 4.78 is 13.6. The van der Waals surface area contributed by atoms with Crippen LogP contribution in [0.4, 0.5) is 4.39 Å². The molecule has 0 saturated carbocycles. The van der Waals surface area contributed by atoms with Gasteiger partial charge in [0.15, 0.2) is 0 Å². The van der Waals surface area contributed by atoms with Crippen molar-refractivity contribution >= 4 is 10.8 Å². The molecule has 0 aliphatic carbocycles. The molecule has 2 N–H and O–H groups in total. The van der Waals surface area contributed by atoms with Gasteiger partial charge in [-0.15, -0.1) is 0 Å². The zero-order valence-electron chi connectivity index (χ0n) is 9.92. The van der Waals surface area contributed by atoms with E-state index < -0.39 is 5.54 Å². The molecule has 0 aromatic heterocycles. The number of halogens is 1. The van der Waals surface area contributed by atoms with Gasteiger partial charge in [-0.1, -0.05) is 36.1 Å². The number of benzene rings is 2. The Hall–Kier alpha value is -1.85. The molecule has 2 aromatic carbocycles. The van der Waals surface area contributed by atoms with E-state index >= 15 is 0 Å². The molecule has 0 saturated heterocycles. The van der Waals surface area contributed by atoms with Gasteiger partial charge in [0, 0.05) is 16.3 Å². The third kappa shape index (κ3) is 2.64. The molecule has 2 heteroatoms. The van der Waals surface area contributed by atoms with Crippen molar-refractivity contribution < 1.29 is 4.39 Å². The summed E-state index contributed by atoms with van der Waals surface area (Å²) in [5, 5.41) is 1.42. The fourth-order valence-electron chi connectivity index (χ4n) is 1.60. The first-order chi connectivity index (χ1) is 7.97. The Morgan fingerprint density at radius 1 is 1.06 bits per heavy atom. The van der Waals surface area contributed by atoms with Crippen LogP contribution in [0.3, 0.4) is 0 Å². The van der Waals surface area contributed by atoms with E-state index in [1.54, 1.807) is 12.1 Å². The fourth-order valence-corrected chi connectivity index (χ4v) is 1.60. The SMILES string of the molecule is CC(C)(N)C#Cc1ccc(F)c2ccccc12. The van der Waals surface area contributed by atoms with E-state index in [0.29, 0.717) is 5.39 Å². The number of hydrogen-bond acceptors (Lipinski definition) is 1. The maximum absolute atomic E-state index is 13.6. The molecular formula is C15H14FN. The van der Waals surface area contributed by atoms with Crippen LogP contribution in [-0.4, -0.2) is 5.54 Å². The van der Waals surface area contributed by atoms with Crippen molar-refractivity contribution in [3.63, 3.8) is 0 Å². The highest BCUT2D eigenvalue weighted by atomic mass is 19.1. The van der Waals surface area contributed by atoms with E-state index in [4.69, 9.17) is 5.73 Å². The van der Waals surface area contributed by atoms with Crippen molar-refractivity contribution in [1.82, 2.24) is 0 Å². The molecule has 0 heterocycles. The van der Waals surface area contributed by atoms with Gasteiger partial charge in [-0.05, 0) is 26.0 Å². The topological polar surface area (TPSA) is 26.0 Å². The van der Waals surface area contributed by atoms with E-state index in [0.717, 1.165) is 10.9 Å². The Kier molecular flexibility index (Phi) is 2.87. The van der Waals surface area contributed by atoms with Gasteiger partial charge >= 0.3 is 0 Å². The first-order valence-corrected chi connectivity index (χ1v) is 5.47. The van der Waals surface area contributed by atoms with Crippen molar-refractivity contribution in [2.75, 3.05) is 0 Å². The van der Waals surface area contributed by atoms with E-state index in [-0.39, 0.29) is 5.82 Å². The van der Waals surface area contributed by atoms with Crippen molar-refractivity contribution in [2.45, 2.75) is 19.4 Å². The van der Waals surface area contributed by atoms with Gasteiger partial charge in [0.1, 0.15) is 5.82 Å². The second-order valence-corrected chi connectivity index (χ2v) is 4.61. The monoisotopic (exact) mass is 227 g/mol. The van der Waals surface area contributed by atoms with Crippen LogP contribution in [0, 0.1) is 17.7 Å². The molecule has 2 rings (SSSR count). The summed E-state index contributed by atoms with van der Waals surface area (Å²) in [6.07, 6.45) is 0. The van der Waals surface area contributed by atoms with Crippen LogP contribution in [-0.2, 0) is 0 Å². The molecule has 0 bridgehead atoms. The number of hydrogen-bond donors (Lipinski definition) is 1. The second-order valence-electron chi connectivity index (χ2n) is 4.61. The van der Waals surface area contributed by atoms with Crippen LogP contribution in [0.5, 0.6) is 0 Å². The Morgan fingerprint density at radius 3 is 2.35 bits per heavy atom. The maximum atomic E-state index is 13.6. The molecule has 2 aromatic rings. The first-order valence-electron chi connectivity index (χ1n) is 5.47. The lowest BCUT2D eigenvalue weighted by molar-refractivity contribution is 0.640. The predicted octanol–water partition coefficient (Wildman–Crippen LogP) is 3.07. The minimum absolute atomic E-state index is 0.224.